The van der Waals surface area contributed by atoms with Crippen LogP contribution in [0, 0.1) is 6.92 Å². The molecule has 1 aromatic heterocycles. The lowest BCUT2D eigenvalue weighted by Gasteiger charge is -2.05. The van der Waals surface area contributed by atoms with Crippen molar-refractivity contribution in [3.63, 3.8) is 0 Å². The van der Waals surface area contributed by atoms with Crippen LogP contribution in [0.4, 0.5) is 11.4 Å². The van der Waals surface area contributed by atoms with Crippen LogP contribution >= 0.6 is 7.60 Å². The van der Waals surface area contributed by atoms with E-state index in [9.17, 15) is 4.57 Å². The Morgan fingerprint density at radius 3 is 2.60 bits per heavy atom. The Morgan fingerprint density at radius 1 is 1.24 bits per heavy atom. The van der Waals surface area contributed by atoms with Gasteiger partial charge in [-0.15, -0.1) is 5.11 Å². The largest absolute Gasteiger partial charge is 0.494 e. The molecular weight excluding hydrogens is 343 g/mol. The summed E-state index contributed by atoms with van der Waals surface area (Å²) in [7, 11) is -4.05. The maximum Gasteiger partial charge on any atom is 0.327 e. The van der Waals surface area contributed by atoms with Gasteiger partial charge < -0.3 is 14.5 Å². The highest BCUT2D eigenvalue weighted by Gasteiger charge is 2.14. The summed E-state index contributed by atoms with van der Waals surface area (Å²) in [6.45, 7) is 4.73. The zero-order valence-electron chi connectivity index (χ0n) is 14.4. The average molecular weight is 366 g/mol. The second kappa shape index (κ2) is 8.89. The van der Waals surface area contributed by atoms with Crippen molar-refractivity contribution in [1.29, 1.82) is 0 Å². The van der Waals surface area contributed by atoms with Crippen molar-refractivity contribution in [1.82, 2.24) is 9.78 Å². The molecule has 1 heterocycles. The topological polar surface area (TPSA) is 109 Å². The molecule has 0 unspecified atom stereocenters. The van der Waals surface area contributed by atoms with Crippen LogP contribution in [0.25, 0.3) is 0 Å². The van der Waals surface area contributed by atoms with Gasteiger partial charge in [-0.3, -0.25) is 9.25 Å². The molecule has 136 valence electrons. The SMILES string of the molecule is CCCCOc1ccc(N=Nc2cnn(CCP(=O)(O)O)c2C)cc1. The van der Waals surface area contributed by atoms with Gasteiger partial charge in [0.2, 0.25) is 0 Å². The van der Waals surface area contributed by atoms with E-state index in [-0.39, 0.29) is 12.7 Å². The Labute approximate surface area is 146 Å². The highest BCUT2D eigenvalue weighted by Crippen LogP contribution is 2.34. The molecule has 2 aromatic rings. The third kappa shape index (κ3) is 6.42. The van der Waals surface area contributed by atoms with E-state index >= 15 is 0 Å². The lowest BCUT2D eigenvalue weighted by atomic mass is 10.3. The first-order valence-corrected chi connectivity index (χ1v) is 9.90. The molecule has 9 heteroatoms. The van der Waals surface area contributed by atoms with Gasteiger partial charge in [-0.1, -0.05) is 13.3 Å². The lowest BCUT2D eigenvalue weighted by Crippen LogP contribution is -2.06. The van der Waals surface area contributed by atoms with Gasteiger partial charge in [0, 0.05) is 0 Å². The number of aryl methyl sites for hydroxylation is 1. The number of ether oxygens (including phenoxy) is 1. The minimum Gasteiger partial charge on any atom is -0.494 e. The summed E-state index contributed by atoms with van der Waals surface area (Å²) in [5, 5.41) is 12.4. The summed E-state index contributed by atoms with van der Waals surface area (Å²) < 4.78 is 18.0. The molecule has 2 rings (SSSR count). The molecule has 0 fully saturated rings. The number of nitrogens with zero attached hydrogens (tertiary/aromatic N) is 4. The first-order chi connectivity index (χ1) is 11.9. The molecule has 0 saturated heterocycles. The summed E-state index contributed by atoms with van der Waals surface area (Å²) in [5.41, 5.74) is 1.95. The van der Waals surface area contributed by atoms with Crippen molar-refractivity contribution in [2.45, 2.75) is 33.2 Å². The highest BCUT2D eigenvalue weighted by molar-refractivity contribution is 7.51. The lowest BCUT2D eigenvalue weighted by molar-refractivity contribution is 0.309. The van der Waals surface area contributed by atoms with E-state index in [0.29, 0.717) is 23.7 Å². The molecule has 25 heavy (non-hydrogen) atoms. The van der Waals surface area contributed by atoms with E-state index < -0.39 is 7.60 Å². The standard InChI is InChI=1S/C16H23N4O4P/c1-3-4-10-24-15-7-5-14(6-8-15)18-19-16-12-17-20(13(16)2)9-11-25(21,22)23/h5-8,12H,3-4,9-11H2,1-2H3,(H2,21,22,23). The van der Waals surface area contributed by atoms with Gasteiger partial charge in [0.15, 0.2) is 0 Å². The van der Waals surface area contributed by atoms with E-state index in [1.54, 1.807) is 6.92 Å². The van der Waals surface area contributed by atoms with Gasteiger partial charge in [-0.05, 0) is 37.6 Å². The maximum absolute atomic E-state index is 10.9. The number of unbranched alkanes of at least 4 members (excludes halogenated alkanes) is 1. The number of benzene rings is 1. The van der Waals surface area contributed by atoms with Gasteiger partial charge in [0.25, 0.3) is 0 Å². The molecule has 1 aromatic carbocycles. The maximum atomic E-state index is 10.9. The van der Waals surface area contributed by atoms with Crippen molar-refractivity contribution in [2.24, 2.45) is 10.2 Å². The van der Waals surface area contributed by atoms with Crippen LogP contribution in [-0.4, -0.2) is 32.3 Å². The van der Waals surface area contributed by atoms with Crippen LogP contribution in [-0.2, 0) is 11.1 Å². The van der Waals surface area contributed by atoms with Crippen molar-refractivity contribution >= 4 is 19.0 Å². The van der Waals surface area contributed by atoms with Crippen molar-refractivity contribution in [3.05, 3.63) is 36.2 Å². The fourth-order valence-corrected chi connectivity index (χ4v) is 2.49. The normalized spacial score (nSPS) is 12.0. The molecule has 8 nitrogen and oxygen atoms in total. The zero-order valence-corrected chi connectivity index (χ0v) is 15.3. The molecular formula is C16H23N4O4P. The quantitative estimate of drug-likeness (QED) is 0.396. The number of aromatic nitrogens is 2. The van der Waals surface area contributed by atoms with Crippen LogP contribution in [0.15, 0.2) is 40.7 Å². The molecule has 0 saturated carbocycles. The monoisotopic (exact) mass is 366 g/mol. The van der Waals surface area contributed by atoms with Crippen LogP contribution in [0.5, 0.6) is 5.75 Å². The molecule has 0 aliphatic carbocycles. The summed E-state index contributed by atoms with van der Waals surface area (Å²) in [6, 6.07) is 7.33. The minimum absolute atomic E-state index is 0.134. The number of rotatable bonds is 9. The zero-order chi connectivity index (χ0) is 18.3. The first kappa shape index (κ1) is 19.3. The number of hydrogen-bond acceptors (Lipinski definition) is 5. The molecule has 0 spiro atoms. The van der Waals surface area contributed by atoms with Crippen molar-refractivity contribution < 1.29 is 19.1 Å². The van der Waals surface area contributed by atoms with E-state index in [0.717, 1.165) is 18.6 Å². The first-order valence-electron chi connectivity index (χ1n) is 8.10. The van der Waals surface area contributed by atoms with Crippen LogP contribution in [0.1, 0.15) is 25.5 Å². The van der Waals surface area contributed by atoms with Crippen LogP contribution in [0.2, 0.25) is 0 Å². The highest BCUT2D eigenvalue weighted by atomic mass is 31.2. The van der Waals surface area contributed by atoms with Gasteiger partial charge in [0.05, 0.1) is 36.9 Å². The summed E-state index contributed by atoms with van der Waals surface area (Å²) in [4.78, 5) is 17.9. The molecule has 2 N–H and O–H groups in total. The molecule has 0 aliphatic heterocycles. The average Bonchev–Trinajstić information content (AvgIpc) is 2.92. The minimum atomic E-state index is -4.05. The second-order valence-electron chi connectivity index (χ2n) is 5.62. The third-order valence-electron chi connectivity index (χ3n) is 3.56. The van der Waals surface area contributed by atoms with Gasteiger partial charge in [-0.2, -0.15) is 10.2 Å². The van der Waals surface area contributed by atoms with E-state index in [2.05, 4.69) is 22.3 Å². The smallest absolute Gasteiger partial charge is 0.327 e. The van der Waals surface area contributed by atoms with Crippen LogP contribution in [0.3, 0.4) is 0 Å². The fraction of sp³-hybridized carbons (Fsp3) is 0.438. The van der Waals surface area contributed by atoms with Crippen LogP contribution < -0.4 is 4.74 Å². The van der Waals surface area contributed by atoms with Gasteiger partial charge in [-0.25, -0.2) is 0 Å². The van der Waals surface area contributed by atoms with E-state index in [1.165, 1.54) is 10.9 Å². The van der Waals surface area contributed by atoms with Gasteiger partial charge >= 0.3 is 7.60 Å². The molecule has 0 amide bonds. The molecule has 0 aliphatic rings. The number of hydrogen-bond donors (Lipinski definition) is 2. The van der Waals surface area contributed by atoms with E-state index in [1.807, 2.05) is 24.3 Å². The molecule has 0 bridgehead atoms. The predicted octanol–water partition coefficient (Wildman–Crippen LogP) is 3.96. The predicted molar refractivity (Wildman–Crippen MR) is 94.9 cm³/mol. The van der Waals surface area contributed by atoms with E-state index in [4.69, 9.17) is 14.5 Å². The Balaban J connectivity index is 1.97. The summed E-state index contributed by atoms with van der Waals surface area (Å²) in [5.74, 6) is 0.800. The van der Waals surface area contributed by atoms with Crippen molar-refractivity contribution in [3.8, 4) is 5.75 Å². The second-order valence-corrected chi connectivity index (χ2v) is 7.40. The summed E-state index contributed by atoms with van der Waals surface area (Å²) in [6.07, 6.45) is 3.38. The fourth-order valence-electron chi connectivity index (χ4n) is 2.04. The Hall–Kier alpha value is -2.02. The number of azo groups is 1. The Kier molecular flexibility index (Phi) is 6.87. The van der Waals surface area contributed by atoms with Crippen molar-refractivity contribution in [2.75, 3.05) is 12.8 Å². The third-order valence-corrected chi connectivity index (χ3v) is 4.34. The summed E-state index contributed by atoms with van der Waals surface area (Å²) >= 11 is 0. The Bertz CT molecular complexity index is 752. The Morgan fingerprint density at radius 2 is 1.96 bits per heavy atom. The molecule has 0 radical (unpaired) electrons. The van der Waals surface area contributed by atoms with Gasteiger partial charge in [0.1, 0.15) is 11.4 Å². The molecule has 0 atom stereocenters.